The Kier molecular flexibility index (Phi) is 6.85. The average Bonchev–Trinajstić information content (AvgIpc) is 2.10. The molecular weight excluding hydrogens is 170 g/mol. The molecule has 0 amide bonds. The second kappa shape index (κ2) is 7.51. The summed E-state index contributed by atoms with van der Waals surface area (Å²) < 4.78 is 0. The van der Waals surface area contributed by atoms with Crippen LogP contribution in [0.3, 0.4) is 0 Å². The van der Waals surface area contributed by atoms with E-state index < -0.39 is 0 Å². The fourth-order valence-electron chi connectivity index (χ4n) is 0.905. The zero-order valence-corrected chi connectivity index (χ0v) is 7.76. The summed E-state index contributed by atoms with van der Waals surface area (Å²) in [6.45, 7) is 0.616. The number of aldehydes is 1. The average molecular weight is 187 g/mol. The first kappa shape index (κ1) is 11.9. The molecule has 0 aliphatic rings. The summed E-state index contributed by atoms with van der Waals surface area (Å²) in [7, 11) is 1.71. The first-order chi connectivity index (χ1) is 6.20. The van der Waals surface area contributed by atoms with E-state index in [2.05, 4.69) is 16.2 Å². The first-order valence-corrected chi connectivity index (χ1v) is 4.16. The van der Waals surface area contributed by atoms with Crippen LogP contribution in [0.15, 0.2) is 0 Å². The van der Waals surface area contributed by atoms with Crippen molar-refractivity contribution in [3.63, 3.8) is 0 Å². The molecule has 6 nitrogen and oxygen atoms in total. The molecule has 6 heteroatoms. The van der Waals surface area contributed by atoms with Crippen LogP contribution in [0, 0.1) is 5.41 Å². The van der Waals surface area contributed by atoms with Crippen LogP contribution in [0.25, 0.3) is 0 Å². The van der Waals surface area contributed by atoms with E-state index in [0.717, 1.165) is 12.7 Å². The highest BCUT2D eigenvalue weighted by Gasteiger charge is 2.03. The maximum absolute atomic E-state index is 10.4. The molecule has 0 saturated heterocycles. The predicted octanol–water partition coefficient (Wildman–Crippen LogP) is -1.46. The number of nitrogens with two attached hydrogens (primary N) is 1. The third kappa shape index (κ3) is 7.23. The highest BCUT2D eigenvalue weighted by Crippen LogP contribution is 1.91. The van der Waals surface area contributed by atoms with Gasteiger partial charge in [0.1, 0.15) is 6.29 Å². The molecule has 0 radical (unpaired) electrons. The number of hydrogen-bond donors (Lipinski definition) is 5. The maximum Gasteiger partial charge on any atom is 0.185 e. The number of hydrogen-bond acceptors (Lipinski definition) is 4. The molecular formula is C7H17N5O. The minimum Gasteiger partial charge on any atom is -0.370 e. The van der Waals surface area contributed by atoms with E-state index in [0.29, 0.717) is 13.0 Å². The number of guanidine groups is 1. The van der Waals surface area contributed by atoms with Gasteiger partial charge in [0.05, 0.1) is 6.04 Å². The molecule has 0 bridgehead atoms. The van der Waals surface area contributed by atoms with Gasteiger partial charge in [-0.25, -0.2) is 5.43 Å². The summed E-state index contributed by atoms with van der Waals surface area (Å²) in [5.41, 5.74) is 10.6. The number of carbonyl (C=O) groups excluding carboxylic acids is 1. The Morgan fingerprint density at radius 3 is 2.85 bits per heavy atom. The fraction of sp³-hybridized carbons (Fsp3) is 0.714. The van der Waals surface area contributed by atoms with Crippen molar-refractivity contribution in [3.8, 4) is 0 Å². The second-order valence-corrected chi connectivity index (χ2v) is 2.62. The summed E-state index contributed by atoms with van der Waals surface area (Å²) in [5.74, 6) is -0.0378. The molecule has 0 spiro atoms. The van der Waals surface area contributed by atoms with Gasteiger partial charge in [0.15, 0.2) is 5.96 Å². The lowest BCUT2D eigenvalue weighted by atomic mass is 10.2. The number of carbonyl (C=O) groups is 1. The third-order valence-electron chi connectivity index (χ3n) is 1.50. The smallest absolute Gasteiger partial charge is 0.185 e. The quantitative estimate of drug-likeness (QED) is 0.110. The van der Waals surface area contributed by atoms with Crippen LogP contribution in [-0.4, -0.2) is 31.9 Å². The Hall–Kier alpha value is -1.14. The predicted molar refractivity (Wildman–Crippen MR) is 51.2 cm³/mol. The van der Waals surface area contributed by atoms with Crippen molar-refractivity contribution < 1.29 is 4.79 Å². The van der Waals surface area contributed by atoms with Gasteiger partial charge in [0.2, 0.25) is 0 Å². The van der Waals surface area contributed by atoms with E-state index >= 15 is 0 Å². The summed E-state index contributed by atoms with van der Waals surface area (Å²) in [4.78, 5) is 10.4. The lowest BCUT2D eigenvalue weighted by Gasteiger charge is -2.11. The van der Waals surface area contributed by atoms with Crippen LogP contribution in [0.2, 0.25) is 0 Å². The normalized spacial score (nSPS) is 12.1. The van der Waals surface area contributed by atoms with Gasteiger partial charge >= 0.3 is 0 Å². The highest BCUT2D eigenvalue weighted by molar-refractivity contribution is 5.74. The lowest BCUT2D eigenvalue weighted by molar-refractivity contribution is -0.109. The van der Waals surface area contributed by atoms with Crippen LogP contribution in [0.1, 0.15) is 12.8 Å². The van der Waals surface area contributed by atoms with Crippen molar-refractivity contribution in [2.45, 2.75) is 18.9 Å². The Morgan fingerprint density at radius 2 is 2.38 bits per heavy atom. The van der Waals surface area contributed by atoms with Crippen molar-refractivity contribution in [3.05, 3.63) is 0 Å². The van der Waals surface area contributed by atoms with Gasteiger partial charge in [-0.05, 0) is 19.9 Å². The molecule has 0 heterocycles. The Labute approximate surface area is 77.7 Å². The first-order valence-electron chi connectivity index (χ1n) is 4.16. The van der Waals surface area contributed by atoms with Gasteiger partial charge in [-0.1, -0.05) is 0 Å². The molecule has 1 atom stereocenters. The van der Waals surface area contributed by atoms with Crippen LogP contribution < -0.4 is 21.9 Å². The van der Waals surface area contributed by atoms with Crippen LogP contribution in [0.5, 0.6) is 0 Å². The molecule has 0 aromatic rings. The zero-order chi connectivity index (χ0) is 10.1. The van der Waals surface area contributed by atoms with Gasteiger partial charge in [0.25, 0.3) is 0 Å². The van der Waals surface area contributed by atoms with Crippen LogP contribution in [-0.2, 0) is 4.79 Å². The highest BCUT2D eigenvalue weighted by atomic mass is 16.1. The summed E-state index contributed by atoms with van der Waals surface area (Å²) >= 11 is 0. The van der Waals surface area contributed by atoms with Crippen molar-refractivity contribution in [1.29, 1.82) is 5.41 Å². The van der Waals surface area contributed by atoms with Gasteiger partial charge in [0, 0.05) is 6.54 Å². The Balaban J connectivity index is 3.37. The van der Waals surface area contributed by atoms with Crippen LogP contribution in [0.4, 0.5) is 0 Å². The minimum atomic E-state index is -0.182. The SMILES string of the molecule is CNN[C@@H](C=O)CCCNC(=N)N. The molecule has 0 aromatic carbocycles. The molecule has 6 N–H and O–H groups in total. The summed E-state index contributed by atoms with van der Waals surface area (Å²) in [6.07, 6.45) is 2.35. The van der Waals surface area contributed by atoms with Gasteiger partial charge < -0.3 is 15.8 Å². The summed E-state index contributed by atoms with van der Waals surface area (Å²) in [5, 5.41) is 9.54. The largest absolute Gasteiger partial charge is 0.370 e. The molecule has 0 unspecified atom stereocenters. The molecule has 76 valence electrons. The van der Waals surface area contributed by atoms with Crippen LogP contribution >= 0.6 is 0 Å². The number of hydrazine groups is 1. The van der Waals surface area contributed by atoms with E-state index in [4.69, 9.17) is 11.1 Å². The van der Waals surface area contributed by atoms with E-state index in [9.17, 15) is 4.79 Å². The van der Waals surface area contributed by atoms with Gasteiger partial charge in [-0.15, -0.1) is 0 Å². The molecule has 0 aliphatic carbocycles. The standard InChI is InChI=1S/C7H17N5O/c1-10-12-6(5-13)3-2-4-11-7(8)9/h5-6,10,12H,2-4H2,1H3,(H4,8,9,11)/t6-/m1/s1. The fourth-order valence-corrected chi connectivity index (χ4v) is 0.905. The Morgan fingerprint density at radius 1 is 1.69 bits per heavy atom. The van der Waals surface area contributed by atoms with E-state index in [1.807, 2.05) is 0 Å². The molecule has 0 aliphatic heterocycles. The Bertz CT molecular complexity index is 161. The van der Waals surface area contributed by atoms with Crippen molar-refractivity contribution in [2.24, 2.45) is 5.73 Å². The molecule has 0 aromatic heterocycles. The molecule has 0 saturated carbocycles. The van der Waals surface area contributed by atoms with Gasteiger partial charge in [-0.2, -0.15) is 0 Å². The number of rotatable bonds is 7. The van der Waals surface area contributed by atoms with Crippen molar-refractivity contribution in [1.82, 2.24) is 16.2 Å². The van der Waals surface area contributed by atoms with E-state index in [1.54, 1.807) is 7.05 Å². The maximum atomic E-state index is 10.4. The zero-order valence-electron chi connectivity index (χ0n) is 7.76. The topological polar surface area (TPSA) is 103 Å². The van der Waals surface area contributed by atoms with Crippen molar-refractivity contribution >= 4 is 12.2 Å². The van der Waals surface area contributed by atoms with E-state index in [-0.39, 0.29) is 12.0 Å². The number of nitrogens with one attached hydrogen (secondary N) is 4. The molecule has 0 fully saturated rings. The van der Waals surface area contributed by atoms with Crippen molar-refractivity contribution in [2.75, 3.05) is 13.6 Å². The third-order valence-corrected chi connectivity index (χ3v) is 1.50. The molecule has 0 rings (SSSR count). The lowest BCUT2D eigenvalue weighted by Crippen LogP contribution is -2.40. The van der Waals surface area contributed by atoms with Gasteiger partial charge in [-0.3, -0.25) is 10.8 Å². The summed E-state index contributed by atoms with van der Waals surface area (Å²) in [6, 6.07) is -0.182. The minimum absolute atomic E-state index is 0.0378. The second-order valence-electron chi connectivity index (χ2n) is 2.62. The molecule has 13 heavy (non-hydrogen) atoms. The monoisotopic (exact) mass is 187 g/mol. The van der Waals surface area contributed by atoms with E-state index in [1.165, 1.54) is 0 Å².